The molecule has 0 aromatic heterocycles. The molecule has 2 amide bonds. The number of aromatic carboxylic acids is 1. The van der Waals surface area contributed by atoms with E-state index in [1.54, 1.807) is 12.1 Å². The van der Waals surface area contributed by atoms with Gasteiger partial charge in [-0.15, -0.1) is 0 Å². The van der Waals surface area contributed by atoms with Crippen molar-refractivity contribution >= 4 is 23.6 Å². The van der Waals surface area contributed by atoms with E-state index in [2.05, 4.69) is 15.5 Å². The molecule has 6 nitrogen and oxygen atoms in total. The lowest BCUT2D eigenvalue weighted by molar-refractivity contribution is 0.0697. The molecule has 142 valence electrons. The van der Waals surface area contributed by atoms with E-state index in [1.807, 2.05) is 31.3 Å². The van der Waals surface area contributed by atoms with Gasteiger partial charge >= 0.3 is 12.0 Å². The van der Waals surface area contributed by atoms with Crippen molar-refractivity contribution in [2.45, 2.75) is 25.0 Å². The van der Waals surface area contributed by atoms with Gasteiger partial charge in [0.2, 0.25) is 0 Å². The van der Waals surface area contributed by atoms with Crippen molar-refractivity contribution in [3.63, 3.8) is 0 Å². The molecule has 2 atom stereocenters. The van der Waals surface area contributed by atoms with Crippen molar-refractivity contribution < 1.29 is 14.7 Å². The predicted molar refractivity (Wildman–Crippen MR) is 104 cm³/mol. The summed E-state index contributed by atoms with van der Waals surface area (Å²) in [6.45, 7) is 1.23. The molecule has 1 aliphatic heterocycles. The molecule has 0 saturated carbocycles. The summed E-state index contributed by atoms with van der Waals surface area (Å²) in [7, 11) is 2.04. The Morgan fingerprint density at radius 2 is 1.81 bits per heavy atom. The van der Waals surface area contributed by atoms with Gasteiger partial charge in [0.1, 0.15) is 0 Å². The maximum atomic E-state index is 12.3. The van der Waals surface area contributed by atoms with Crippen LogP contribution < -0.4 is 10.6 Å². The molecule has 0 radical (unpaired) electrons. The Morgan fingerprint density at radius 1 is 1.15 bits per heavy atom. The van der Waals surface area contributed by atoms with Gasteiger partial charge in [-0.05, 0) is 48.9 Å². The molecule has 0 aliphatic carbocycles. The smallest absolute Gasteiger partial charge is 0.335 e. The van der Waals surface area contributed by atoms with Crippen LogP contribution in [0.4, 0.5) is 4.79 Å². The summed E-state index contributed by atoms with van der Waals surface area (Å²) >= 11 is 5.98. The number of rotatable bonds is 5. The fourth-order valence-electron chi connectivity index (χ4n) is 3.41. The maximum Gasteiger partial charge on any atom is 0.335 e. The van der Waals surface area contributed by atoms with Crippen LogP contribution in [0.25, 0.3) is 0 Å². The minimum absolute atomic E-state index is 0.00515. The predicted octanol–water partition coefficient (Wildman–Crippen LogP) is 3.28. The molecular formula is C20H22ClN3O3. The SMILES string of the molecule is CN1CCC(NC(=O)NCc2ccc(C(=O)O)cc2)C1c1ccc(Cl)cc1. The van der Waals surface area contributed by atoms with Crippen LogP contribution in [0.5, 0.6) is 0 Å². The standard InChI is InChI=1S/C20H22ClN3O3/c1-24-11-10-17(18(24)14-6-8-16(21)9-7-14)23-20(27)22-12-13-2-4-15(5-3-13)19(25)26/h2-9,17-18H,10-12H2,1H3,(H,25,26)(H2,22,23,27). The van der Waals surface area contributed by atoms with Crippen LogP contribution in [-0.2, 0) is 6.54 Å². The van der Waals surface area contributed by atoms with E-state index in [4.69, 9.17) is 16.7 Å². The van der Waals surface area contributed by atoms with E-state index >= 15 is 0 Å². The largest absolute Gasteiger partial charge is 0.478 e. The third-order valence-corrected chi connectivity index (χ3v) is 5.08. The minimum Gasteiger partial charge on any atom is -0.478 e. The zero-order valence-electron chi connectivity index (χ0n) is 15.0. The maximum absolute atomic E-state index is 12.3. The number of carbonyl (C=O) groups excluding carboxylic acids is 1. The van der Waals surface area contributed by atoms with E-state index < -0.39 is 5.97 Å². The Kier molecular flexibility index (Phi) is 5.98. The molecule has 2 unspecified atom stereocenters. The van der Waals surface area contributed by atoms with Crippen molar-refractivity contribution in [2.24, 2.45) is 0 Å². The van der Waals surface area contributed by atoms with Gasteiger partial charge in [-0.1, -0.05) is 35.9 Å². The van der Waals surface area contributed by atoms with E-state index in [0.29, 0.717) is 11.6 Å². The van der Waals surface area contributed by atoms with Crippen molar-refractivity contribution in [2.75, 3.05) is 13.6 Å². The van der Waals surface area contributed by atoms with Crippen LogP contribution in [0.1, 0.15) is 33.9 Å². The second kappa shape index (κ2) is 8.41. The number of halogens is 1. The molecule has 1 fully saturated rings. The summed E-state index contributed by atoms with van der Waals surface area (Å²) in [5, 5.41) is 15.5. The number of urea groups is 1. The quantitative estimate of drug-likeness (QED) is 0.735. The van der Waals surface area contributed by atoms with Gasteiger partial charge in [-0.25, -0.2) is 9.59 Å². The molecule has 3 N–H and O–H groups in total. The fourth-order valence-corrected chi connectivity index (χ4v) is 3.54. The number of amides is 2. The number of likely N-dealkylation sites (N-methyl/N-ethyl adjacent to an activating group) is 1. The van der Waals surface area contributed by atoms with Crippen molar-refractivity contribution in [1.82, 2.24) is 15.5 Å². The summed E-state index contributed by atoms with van der Waals surface area (Å²) in [6.07, 6.45) is 0.866. The number of nitrogens with one attached hydrogen (secondary N) is 2. The van der Waals surface area contributed by atoms with E-state index in [9.17, 15) is 9.59 Å². The first-order chi connectivity index (χ1) is 12.9. The molecule has 1 aliphatic rings. The van der Waals surface area contributed by atoms with Crippen LogP contribution in [0, 0.1) is 0 Å². The lowest BCUT2D eigenvalue weighted by Gasteiger charge is -2.26. The van der Waals surface area contributed by atoms with E-state index in [1.165, 1.54) is 12.1 Å². The first kappa shape index (κ1) is 19.2. The van der Waals surface area contributed by atoms with E-state index in [0.717, 1.165) is 24.1 Å². The molecule has 27 heavy (non-hydrogen) atoms. The summed E-state index contributed by atoms with van der Waals surface area (Å²) in [5.41, 5.74) is 2.19. The molecule has 1 saturated heterocycles. The highest BCUT2D eigenvalue weighted by atomic mass is 35.5. The Bertz CT molecular complexity index is 808. The highest BCUT2D eigenvalue weighted by Gasteiger charge is 2.33. The molecule has 2 aromatic rings. The second-order valence-corrected chi connectivity index (χ2v) is 7.14. The zero-order chi connectivity index (χ0) is 19.4. The van der Waals surface area contributed by atoms with Gasteiger partial charge in [0.15, 0.2) is 0 Å². The average Bonchev–Trinajstić information content (AvgIpc) is 3.01. The Balaban J connectivity index is 1.57. The van der Waals surface area contributed by atoms with Crippen LogP contribution >= 0.6 is 11.6 Å². The highest BCUT2D eigenvalue weighted by molar-refractivity contribution is 6.30. The Morgan fingerprint density at radius 3 is 2.44 bits per heavy atom. The highest BCUT2D eigenvalue weighted by Crippen LogP contribution is 2.31. The van der Waals surface area contributed by atoms with Crippen molar-refractivity contribution in [1.29, 1.82) is 0 Å². The average molecular weight is 388 g/mol. The van der Waals surface area contributed by atoms with Gasteiger partial charge in [0.25, 0.3) is 0 Å². The number of nitrogens with zero attached hydrogens (tertiary/aromatic N) is 1. The molecule has 1 heterocycles. The lowest BCUT2D eigenvalue weighted by Crippen LogP contribution is -2.44. The van der Waals surface area contributed by atoms with Gasteiger partial charge in [-0.2, -0.15) is 0 Å². The topological polar surface area (TPSA) is 81.7 Å². The Labute approximate surface area is 163 Å². The third-order valence-electron chi connectivity index (χ3n) is 4.83. The molecular weight excluding hydrogens is 366 g/mol. The van der Waals surface area contributed by atoms with Crippen LogP contribution in [0.3, 0.4) is 0 Å². The fraction of sp³-hybridized carbons (Fsp3) is 0.300. The molecule has 2 aromatic carbocycles. The van der Waals surface area contributed by atoms with Crippen LogP contribution in [0.15, 0.2) is 48.5 Å². The first-order valence-corrected chi connectivity index (χ1v) is 9.14. The molecule has 3 rings (SSSR count). The Hall–Kier alpha value is -2.57. The second-order valence-electron chi connectivity index (χ2n) is 6.70. The number of hydrogen-bond acceptors (Lipinski definition) is 3. The van der Waals surface area contributed by atoms with Gasteiger partial charge in [0.05, 0.1) is 17.6 Å². The normalized spacial score (nSPS) is 19.6. The number of hydrogen-bond donors (Lipinski definition) is 3. The molecule has 0 bridgehead atoms. The van der Waals surface area contributed by atoms with Crippen molar-refractivity contribution in [3.8, 4) is 0 Å². The summed E-state index contributed by atoms with van der Waals surface area (Å²) < 4.78 is 0. The van der Waals surface area contributed by atoms with Gasteiger partial charge in [-0.3, -0.25) is 4.90 Å². The minimum atomic E-state index is -0.967. The van der Waals surface area contributed by atoms with Crippen molar-refractivity contribution in [3.05, 3.63) is 70.2 Å². The first-order valence-electron chi connectivity index (χ1n) is 8.76. The molecule has 7 heteroatoms. The lowest BCUT2D eigenvalue weighted by atomic mass is 10.0. The van der Waals surface area contributed by atoms with Gasteiger partial charge < -0.3 is 15.7 Å². The summed E-state index contributed by atoms with van der Waals surface area (Å²) in [5.74, 6) is -0.967. The van der Waals surface area contributed by atoms with Crippen LogP contribution in [-0.4, -0.2) is 41.6 Å². The zero-order valence-corrected chi connectivity index (χ0v) is 15.7. The number of carboxylic acid groups (broad SMARTS) is 1. The number of carboxylic acids is 1. The molecule has 0 spiro atoms. The number of benzene rings is 2. The number of carbonyl (C=O) groups is 2. The number of likely N-dealkylation sites (tertiary alicyclic amines) is 1. The third kappa shape index (κ3) is 4.78. The summed E-state index contributed by atoms with van der Waals surface area (Å²) in [4.78, 5) is 25.4. The van der Waals surface area contributed by atoms with Crippen LogP contribution in [0.2, 0.25) is 5.02 Å². The van der Waals surface area contributed by atoms with Gasteiger partial charge in [0, 0.05) is 18.1 Å². The van der Waals surface area contributed by atoms with E-state index in [-0.39, 0.29) is 23.7 Å². The summed E-state index contributed by atoms with van der Waals surface area (Å²) in [6, 6.07) is 14.0. The monoisotopic (exact) mass is 387 g/mol.